The van der Waals surface area contributed by atoms with E-state index in [4.69, 9.17) is 4.74 Å². The van der Waals surface area contributed by atoms with Crippen molar-refractivity contribution in [3.63, 3.8) is 0 Å². The molecule has 136 valence electrons. The van der Waals surface area contributed by atoms with E-state index in [1.54, 1.807) is 0 Å². The van der Waals surface area contributed by atoms with Crippen LogP contribution in [0.4, 0.5) is 9.59 Å². The maximum absolute atomic E-state index is 12.5. The largest absolute Gasteiger partial charge is 0.444 e. The fourth-order valence-corrected chi connectivity index (χ4v) is 4.12. The van der Waals surface area contributed by atoms with Gasteiger partial charge in [0.15, 0.2) is 0 Å². The number of amides is 3. The van der Waals surface area contributed by atoms with Crippen LogP contribution < -0.4 is 5.32 Å². The van der Waals surface area contributed by atoms with Crippen LogP contribution in [0.3, 0.4) is 0 Å². The first kappa shape index (κ1) is 17.4. The van der Waals surface area contributed by atoms with Crippen molar-refractivity contribution in [1.29, 1.82) is 0 Å². The molecule has 1 saturated carbocycles. The Hall–Kier alpha value is -1.46. The van der Waals surface area contributed by atoms with Gasteiger partial charge in [0.1, 0.15) is 5.60 Å². The Labute approximate surface area is 144 Å². The first-order valence-electron chi connectivity index (χ1n) is 9.37. The van der Waals surface area contributed by atoms with E-state index in [2.05, 4.69) is 5.32 Å². The Bertz CT molecular complexity index is 484. The summed E-state index contributed by atoms with van der Waals surface area (Å²) in [6.07, 6.45) is 5.75. The minimum Gasteiger partial charge on any atom is -0.444 e. The third-order valence-electron chi connectivity index (χ3n) is 5.25. The number of hydrogen-bond donors (Lipinski definition) is 1. The van der Waals surface area contributed by atoms with Crippen molar-refractivity contribution < 1.29 is 14.3 Å². The number of nitrogens with one attached hydrogen (secondary N) is 1. The summed E-state index contributed by atoms with van der Waals surface area (Å²) in [6.45, 7) is 8.50. The minimum atomic E-state index is -0.465. The Morgan fingerprint density at radius 3 is 2.17 bits per heavy atom. The molecule has 6 nitrogen and oxygen atoms in total. The van der Waals surface area contributed by atoms with Crippen molar-refractivity contribution in [2.24, 2.45) is 0 Å². The highest BCUT2D eigenvalue weighted by atomic mass is 16.6. The lowest BCUT2D eigenvalue weighted by molar-refractivity contribution is 0.00509. The number of hydrogen-bond acceptors (Lipinski definition) is 3. The van der Waals surface area contributed by atoms with Crippen LogP contribution in [0.2, 0.25) is 0 Å². The van der Waals surface area contributed by atoms with Crippen molar-refractivity contribution in [2.75, 3.05) is 6.54 Å². The number of piperidine rings is 1. The molecule has 2 heterocycles. The van der Waals surface area contributed by atoms with Gasteiger partial charge >= 0.3 is 12.1 Å². The lowest BCUT2D eigenvalue weighted by Gasteiger charge is -2.40. The number of ether oxygens (including phenoxy) is 1. The molecule has 2 aliphatic heterocycles. The molecule has 2 saturated heterocycles. The molecule has 3 aliphatic rings. The van der Waals surface area contributed by atoms with E-state index in [0.717, 1.165) is 45.1 Å². The zero-order chi connectivity index (χ0) is 17.5. The Kier molecular flexibility index (Phi) is 4.67. The lowest BCUT2D eigenvalue weighted by Crippen LogP contribution is -2.55. The standard InChI is InChI=1S/C18H31N3O3/c1-5-20(13-6-7-13)16(22)19-12-10-14-8-9-15(11-12)21(14)17(23)24-18(2,3)4/h12-15H,5-11H2,1-4H3,(H,19,22). The van der Waals surface area contributed by atoms with Crippen molar-refractivity contribution in [3.8, 4) is 0 Å². The molecule has 0 aromatic carbocycles. The summed E-state index contributed by atoms with van der Waals surface area (Å²) in [5.41, 5.74) is -0.465. The predicted octanol–water partition coefficient (Wildman–Crippen LogP) is 3.11. The van der Waals surface area contributed by atoms with E-state index in [-0.39, 0.29) is 30.2 Å². The number of carbonyl (C=O) groups is 2. The second-order valence-corrected chi connectivity index (χ2v) is 8.41. The molecule has 1 aliphatic carbocycles. The highest BCUT2D eigenvalue weighted by Crippen LogP contribution is 2.37. The Morgan fingerprint density at radius 2 is 1.71 bits per heavy atom. The van der Waals surface area contributed by atoms with Crippen LogP contribution in [0.1, 0.15) is 66.2 Å². The van der Waals surface area contributed by atoms with Crippen molar-refractivity contribution >= 4 is 12.1 Å². The van der Waals surface area contributed by atoms with Crippen LogP contribution in [0.25, 0.3) is 0 Å². The van der Waals surface area contributed by atoms with E-state index in [9.17, 15) is 9.59 Å². The van der Waals surface area contributed by atoms with E-state index >= 15 is 0 Å². The summed E-state index contributed by atoms with van der Waals surface area (Å²) >= 11 is 0. The monoisotopic (exact) mass is 337 g/mol. The molecule has 0 spiro atoms. The van der Waals surface area contributed by atoms with Crippen LogP contribution in [-0.4, -0.2) is 58.2 Å². The number of fused-ring (bicyclic) bond motifs is 2. The molecule has 0 radical (unpaired) electrons. The quantitative estimate of drug-likeness (QED) is 0.861. The molecule has 1 N–H and O–H groups in total. The normalized spacial score (nSPS) is 29.3. The molecule has 3 fully saturated rings. The SMILES string of the molecule is CCN(C(=O)NC1CC2CCC(C1)N2C(=O)OC(C)(C)C)C1CC1. The third kappa shape index (κ3) is 3.78. The van der Waals surface area contributed by atoms with E-state index in [1.807, 2.05) is 37.5 Å². The molecule has 6 heteroatoms. The first-order chi connectivity index (χ1) is 11.3. The van der Waals surface area contributed by atoms with Gasteiger partial charge < -0.3 is 19.9 Å². The van der Waals surface area contributed by atoms with Gasteiger partial charge in [-0.15, -0.1) is 0 Å². The second kappa shape index (κ2) is 6.45. The Balaban J connectivity index is 1.57. The van der Waals surface area contributed by atoms with E-state index in [1.165, 1.54) is 0 Å². The molecule has 0 aromatic rings. The van der Waals surface area contributed by atoms with Crippen LogP contribution in [-0.2, 0) is 4.74 Å². The number of rotatable bonds is 3. The van der Waals surface area contributed by atoms with Crippen molar-refractivity contribution in [1.82, 2.24) is 15.1 Å². The summed E-state index contributed by atoms with van der Waals surface area (Å²) in [5, 5.41) is 3.21. The fraction of sp³-hybridized carbons (Fsp3) is 0.889. The second-order valence-electron chi connectivity index (χ2n) is 8.41. The van der Waals surface area contributed by atoms with Crippen LogP contribution >= 0.6 is 0 Å². The van der Waals surface area contributed by atoms with Crippen molar-refractivity contribution in [3.05, 3.63) is 0 Å². The summed E-state index contributed by atoms with van der Waals surface area (Å²) in [4.78, 5) is 28.8. The molecule has 0 aromatic heterocycles. The van der Waals surface area contributed by atoms with Crippen LogP contribution in [0.15, 0.2) is 0 Å². The van der Waals surface area contributed by atoms with Crippen LogP contribution in [0.5, 0.6) is 0 Å². The summed E-state index contributed by atoms with van der Waals surface area (Å²) in [5.74, 6) is 0. The van der Waals surface area contributed by atoms with E-state index < -0.39 is 5.60 Å². The molecule has 24 heavy (non-hydrogen) atoms. The van der Waals surface area contributed by atoms with Crippen LogP contribution in [0, 0.1) is 0 Å². The number of urea groups is 1. The van der Waals surface area contributed by atoms with Gasteiger partial charge in [-0.25, -0.2) is 9.59 Å². The molecule has 2 bridgehead atoms. The fourth-order valence-electron chi connectivity index (χ4n) is 4.12. The van der Waals surface area contributed by atoms with Gasteiger partial charge in [-0.05, 0) is 66.2 Å². The predicted molar refractivity (Wildman–Crippen MR) is 91.8 cm³/mol. The zero-order valence-electron chi connectivity index (χ0n) is 15.4. The van der Waals surface area contributed by atoms with Gasteiger partial charge in [0.25, 0.3) is 0 Å². The van der Waals surface area contributed by atoms with Gasteiger partial charge in [-0.2, -0.15) is 0 Å². The maximum Gasteiger partial charge on any atom is 0.410 e. The van der Waals surface area contributed by atoms with Gasteiger partial charge in [0, 0.05) is 30.7 Å². The summed E-state index contributed by atoms with van der Waals surface area (Å²) < 4.78 is 5.56. The summed E-state index contributed by atoms with van der Waals surface area (Å²) in [7, 11) is 0. The van der Waals surface area contributed by atoms with Gasteiger partial charge in [0.2, 0.25) is 0 Å². The van der Waals surface area contributed by atoms with Gasteiger partial charge in [-0.3, -0.25) is 0 Å². The first-order valence-corrected chi connectivity index (χ1v) is 9.37. The van der Waals surface area contributed by atoms with E-state index in [0.29, 0.717) is 6.04 Å². The zero-order valence-corrected chi connectivity index (χ0v) is 15.4. The van der Waals surface area contributed by atoms with Crippen molar-refractivity contribution in [2.45, 2.75) is 96.0 Å². The average Bonchev–Trinajstić information content (AvgIpc) is 3.23. The topological polar surface area (TPSA) is 61.9 Å². The lowest BCUT2D eigenvalue weighted by atomic mass is 9.98. The minimum absolute atomic E-state index is 0.0649. The molecular weight excluding hydrogens is 306 g/mol. The molecule has 2 atom stereocenters. The molecule has 3 amide bonds. The molecular formula is C18H31N3O3. The highest BCUT2D eigenvalue weighted by molar-refractivity contribution is 5.75. The van der Waals surface area contributed by atoms with Gasteiger partial charge in [0.05, 0.1) is 0 Å². The average molecular weight is 337 g/mol. The van der Waals surface area contributed by atoms with Gasteiger partial charge in [-0.1, -0.05) is 0 Å². The number of carbonyl (C=O) groups excluding carboxylic acids is 2. The third-order valence-corrected chi connectivity index (χ3v) is 5.25. The molecule has 3 rings (SSSR count). The summed E-state index contributed by atoms with van der Waals surface area (Å²) in [6, 6.07) is 1.06. The highest BCUT2D eigenvalue weighted by Gasteiger charge is 2.45. The Morgan fingerprint density at radius 1 is 1.12 bits per heavy atom. The smallest absolute Gasteiger partial charge is 0.410 e. The molecule has 2 unspecified atom stereocenters. The maximum atomic E-state index is 12.5. The number of nitrogens with zero attached hydrogens (tertiary/aromatic N) is 2.